The number of ether oxygens (including phenoxy) is 1. The van der Waals surface area contributed by atoms with Crippen LogP contribution in [-0.4, -0.2) is 5.97 Å². The first kappa shape index (κ1) is 29.2. The normalized spacial score (nSPS) is 14.0. The SMILES string of the molecule is C=CC(=O)Oc1ccc(C2(c3ccc(N(c4ccc(C)cc4)c4ccc(-c5ccc(C)cc5)cc4)cc3)CCCCC2)cc1. The lowest BCUT2D eigenvalue weighted by Crippen LogP contribution is -2.30. The van der Waals surface area contributed by atoms with Crippen LogP contribution >= 0.6 is 0 Å². The van der Waals surface area contributed by atoms with Gasteiger partial charge in [-0.2, -0.15) is 0 Å². The summed E-state index contributed by atoms with van der Waals surface area (Å²) in [7, 11) is 0. The van der Waals surface area contributed by atoms with Crippen molar-refractivity contribution in [2.75, 3.05) is 4.90 Å². The standard InChI is InChI=1S/C41H39NO2/c1-4-40(43)44-39-26-18-35(19-27-39)41(28-6-5-7-29-41)34-16-24-38(25-17-34)42(36-20-10-31(3)11-21-36)37-22-14-33(15-23-37)32-12-8-30(2)9-13-32/h4,8-27H,1,5-7,28-29H2,2-3H3. The molecule has 0 heterocycles. The molecule has 0 unspecified atom stereocenters. The number of anilines is 3. The first-order valence-electron chi connectivity index (χ1n) is 15.5. The molecule has 1 fully saturated rings. The Bertz CT molecular complexity index is 1710. The molecule has 3 heteroatoms. The van der Waals surface area contributed by atoms with E-state index in [0.717, 1.165) is 29.9 Å². The Kier molecular flexibility index (Phi) is 8.47. The van der Waals surface area contributed by atoms with Crippen molar-refractivity contribution >= 4 is 23.0 Å². The lowest BCUT2D eigenvalue weighted by molar-refractivity contribution is -0.128. The number of benzene rings is 5. The van der Waals surface area contributed by atoms with Gasteiger partial charge in [0.1, 0.15) is 5.75 Å². The fourth-order valence-electron chi connectivity index (χ4n) is 6.52. The van der Waals surface area contributed by atoms with Crippen LogP contribution in [0.1, 0.15) is 54.4 Å². The van der Waals surface area contributed by atoms with Crippen LogP contribution in [0.15, 0.2) is 134 Å². The molecule has 0 amide bonds. The van der Waals surface area contributed by atoms with E-state index < -0.39 is 5.97 Å². The fourth-order valence-corrected chi connectivity index (χ4v) is 6.52. The number of aryl methyl sites for hydroxylation is 2. The molecular formula is C41H39NO2. The summed E-state index contributed by atoms with van der Waals surface area (Å²) < 4.78 is 5.35. The van der Waals surface area contributed by atoms with E-state index in [9.17, 15) is 4.79 Å². The number of carbonyl (C=O) groups excluding carboxylic acids is 1. The van der Waals surface area contributed by atoms with Gasteiger partial charge in [-0.15, -0.1) is 0 Å². The first-order chi connectivity index (χ1) is 21.4. The lowest BCUT2D eigenvalue weighted by Gasteiger charge is -2.39. The van der Waals surface area contributed by atoms with Gasteiger partial charge < -0.3 is 9.64 Å². The third-order valence-corrected chi connectivity index (χ3v) is 8.98. The van der Waals surface area contributed by atoms with Gasteiger partial charge in [0, 0.05) is 28.6 Å². The molecule has 0 radical (unpaired) electrons. The van der Waals surface area contributed by atoms with Crippen LogP contribution in [0.25, 0.3) is 11.1 Å². The quantitative estimate of drug-likeness (QED) is 0.104. The molecule has 6 rings (SSSR count). The second kappa shape index (κ2) is 12.8. The number of hydrogen-bond acceptors (Lipinski definition) is 3. The van der Waals surface area contributed by atoms with Crippen molar-refractivity contribution in [1.82, 2.24) is 0 Å². The first-order valence-corrected chi connectivity index (χ1v) is 15.5. The Labute approximate surface area is 261 Å². The molecule has 0 spiro atoms. The minimum Gasteiger partial charge on any atom is -0.423 e. The highest BCUT2D eigenvalue weighted by molar-refractivity contribution is 5.83. The van der Waals surface area contributed by atoms with Gasteiger partial charge in [-0.3, -0.25) is 0 Å². The number of nitrogens with zero attached hydrogens (tertiary/aromatic N) is 1. The molecule has 1 aliphatic rings. The molecule has 0 bridgehead atoms. The molecule has 3 nitrogen and oxygen atoms in total. The Morgan fingerprint density at radius 3 is 1.52 bits per heavy atom. The van der Waals surface area contributed by atoms with E-state index in [4.69, 9.17) is 4.74 Å². The Morgan fingerprint density at radius 2 is 1.02 bits per heavy atom. The Balaban J connectivity index is 1.35. The smallest absolute Gasteiger partial charge is 0.335 e. The van der Waals surface area contributed by atoms with E-state index in [1.807, 2.05) is 12.1 Å². The highest BCUT2D eigenvalue weighted by atomic mass is 16.5. The minimum atomic E-state index is -0.441. The van der Waals surface area contributed by atoms with E-state index in [0.29, 0.717) is 5.75 Å². The summed E-state index contributed by atoms with van der Waals surface area (Å²) >= 11 is 0. The maximum atomic E-state index is 11.7. The molecule has 0 aromatic heterocycles. The van der Waals surface area contributed by atoms with Crippen LogP contribution in [0.5, 0.6) is 5.75 Å². The molecule has 0 atom stereocenters. The summed E-state index contributed by atoms with van der Waals surface area (Å²) in [5.74, 6) is 0.103. The van der Waals surface area contributed by atoms with Crippen molar-refractivity contribution in [3.8, 4) is 16.9 Å². The van der Waals surface area contributed by atoms with Crippen molar-refractivity contribution in [1.29, 1.82) is 0 Å². The molecular weight excluding hydrogens is 538 g/mol. The summed E-state index contributed by atoms with van der Waals surface area (Å²) in [6.07, 6.45) is 7.03. The molecule has 1 saturated carbocycles. The minimum absolute atomic E-state index is 0.0673. The summed E-state index contributed by atoms with van der Waals surface area (Å²) in [5, 5.41) is 0. The summed E-state index contributed by atoms with van der Waals surface area (Å²) in [4.78, 5) is 14.0. The largest absolute Gasteiger partial charge is 0.423 e. The monoisotopic (exact) mass is 577 g/mol. The van der Waals surface area contributed by atoms with Gasteiger partial charge in [0.05, 0.1) is 0 Å². The van der Waals surface area contributed by atoms with Gasteiger partial charge >= 0.3 is 5.97 Å². The topological polar surface area (TPSA) is 29.5 Å². The number of rotatable bonds is 8. The summed E-state index contributed by atoms with van der Waals surface area (Å²) in [5.41, 5.74) is 10.8. The van der Waals surface area contributed by atoms with Crippen LogP contribution in [0.4, 0.5) is 17.1 Å². The highest BCUT2D eigenvalue weighted by Gasteiger charge is 2.35. The van der Waals surface area contributed by atoms with E-state index in [1.165, 1.54) is 58.7 Å². The molecule has 1 aliphatic carbocycles. The molecule has 5 aromatic rings. The number of hydrogen-bond donors (Lipinski definition) is 0. The van der Waals surface area contributed by atoms with Gasteiger partial charge in [-0.25, -0.2) is 4.79 Å². The van der Waals surface area contributed by atoms with Crippen LogP contribution in [0, 0.1) is 13.8 Å². The molecule has 5 aromatic carbocycles. The van der Waals surface area contributed by atoms with Gasteiger partial charge in [-0.1, -0.05) is 110 Å². The maximum absolute atomic E-state index is 11.7. The zero-order chi connectivity index (χ0) is 30.5. The predicted molar refractivity (Wildman–Crippen MR) is 182 cm³/mol. The number of carbonyl (C=O) groups is 1. The van der Waals surface area contributed by atoms with E-state index in [-0.39, 0.29) is 5.41 Å². The molecule has 0 N–H and O–H groups in total. The summed E-state index contributed by atoms with van der Waals surface area (Å²) in [6, 6.07) is 43.5. The van der Waals surface area contributed by atoms with Crippen molar-refractivity contribution in [2.24, 2.45) is 0 Å². The van der Waals surface area contributed by atoms with Gasteiger partial charge in [-0.05, 0) is 97.5 Å². The Hall–Kier alpha value is -4.89. The van der Waals surface area contributed by atoms with Crippen LogP contribution < -0.4 is 9.64 Å². The molecule has 44 heavy (non-hydrogen) atoms. The van der Waals surface area contributed by atoms with Crippen LogP contribution in [-0.2, 0) is 10.2 Å². The van der Waals surface area contributed by atoms with Crippen molar-refractivity contribution < 1.29 is 9.53 Å². The molecule has 0 saturated heterocycles. The third kappa shape index (κ3) is 6.09. The average Bonchev–Trinajstić information content (AvgIpc) is 3.07. The second-order valence-electron chi connectivity index (χ2n) is 11.9. The number of esters is 1. The van der Waals surface area contributed by atoms with E-state index in [1.54, 1.807) is 0 Å². The van der Waals surface area contributed by atoms with Crippen LogP contribution in [0.3, 0.4) is 0 Å². The lowest BCUT2D eigenvalue weighted by atomic mass is 9.65. The van der Waals surface area contributed by atoms with Gasteiger partial charge in [0.15, 0.2) is 0 Å². The van der Waals surface area contributed by atoms with E-state index in [2.05, 4.69) is 135 Å². The van der Waals surface area contributed by atoms with Crippen LogP contribution in [0.2, 0.25) is 0 Å². The summed E-state index contributed by atoms with van der Waals surface area (Å²) in [6.45, 7) is 7.74. The zero-order valence-corrected chi connectivity index (χ0v) is 25.6. The fraction of sp³-hybridized carbons (Fsp3) is 0.195. The van der Waals surface area contributed by atoms with Gasteiger partial charge in [0.2, 0.25) is 0 Å². The van der Waals surface area contributed by atoms with Crippen molar-refractivity contribution in [2.45, 2.75) is 51.4 Å². The third-order valence-electron chi connectivity index (χ3n) is 8.98. The van der Waals surface area contributed by atoms with E-state index >= 15 is 0 Å². The van der Waals surface area contributed by atoms with Crippen molar-refractivity contribution in [3.63, 3.8) is 0 Å². The highest BCUT2D eigenvalue weighted by Crippen LogP contribution is 2.46. The van der Waals surface area contributed by atoms with Crippen molar-refractivity contribution in [3.05, 3.63) is 156 Å². The molecule has 0 aliphatic heterocycles. The maximum Gasteiger partial charge on any atom is 0.335 e. The Morgan fingerprint density at radius 1 is 0.614 bits per heavy atom. The second-order valence-corrected chi connectivity index (χ2v) is 11.9. The molecule has 220 valence electrons. The average molecular weight is 578 g/mol. The van der Waals surface area contributed by atoms with Gasteiger partial charge in [0.25, 0.3) is 0 Å². The predicted octanol–water partition coefficient (Wildman–Crippen LogP) is 10.8. The zero-order valence-electron chi connectivity index (χ0n) is 25.6.